The molecule has 2 amide bonds. The number of carbonyl (C=O) groups is 4. The van der Waals surface area contributed by atoms with Gasteiger partial charge < -0.3 is 24.6 Å². The predicted molar refractivity (Wildman–Crippen MR) is 125 cm³/mol. The number of alkyl halides is 6. The van der Waals surface area contributed by atoms with Crippen LogP contribution in [0.2, 0.25) is 0 Å². The maximum absolute atomic E-state index is 12.9. The van der Waals surface area contributed by atoms with Crippen molar-refractivity contribution in [1.82, 2.24) is 19.4 Å². The number of halogens is 6. The highest BCUT2D eigenvalue weighted by Gasteiger charge is 2.49. The zero-order valence-corrected chi connectivity index (χ0v) is 21.1. The van der Waals surface area contributed by atoms with Gasteiger partial charge in [0.15, 0.2) is 0 Å². The van der Waals surface area contributed by atoms with Gasteiger partial charge in [-0.05, 0) is 37.7 Å². The largest absolute Gasteiger partial charge is 0.490 e. The zero-order chi connectivity index (χ0) is 30.5. The normalized spacial score (nSPS) is 19.4. The number of aromatic nitrogens is 2. The second kappa shape index (κ2) is 12.4. The Balaban J connectivity index is 0.000000333. The molecule has 2 N–H and O–H groups in total. The first-order valence-electron chi connectivity index (χ1n) is 11.3. The minimum atomic E-state index is -5.08. The van der Waals surface area contributed by atoms with E-state index in [0.29, 0.717) is 31.9 Å². The molecule has 1 unspecified atom stereocenters. The third kappa shape index (κ3) is 7.93. The molecule has 11 nitrogen and oxygen atoms in total. The molecule has 0 bridgehead atoms. The van der Waals surface area contributed by atoms with Gasteiger partial charge in [0.05, 0.1) is 24.0 Å². The number of likely N-dealkylation sites (N-methyl/N-ethyl adjacent to an activating group) is 1. The van der Waals surface area contributed by atoms with Crippen LogP contribution in [0.4, 0.5) is 32.0 Å². The Kier molecular flexibility index (Phi) is 9.90. The summed E-state index contributed by atoms with van der Waals surface area (Å²) in [7, 11) is 3.86. The number of aliphatic carboxylic acids is 2. The summed E-state index contributed by atoms with van der Waals surface area (Å²) in [5.74, 6) is -5.40. The van der Waals surface area contributed by atoms with Gasteiger partial charge in [0, 0.05) is 39.1 Å². The van der Waals surface area contributed by atoms with Crippen molar-refractivity contribution in [2.45, 2.75) is 24.3 Å². The van der Waals surface area contributed by atoms with E-state index < -0.39 is 24.3 Å². The smallest absolute Gasteiger partial charge is 0.475 e. The topological polar surface area (TPSA) is 136 Å². The van der Waals surface area contributed by atoms with Crippen LogP contribution < -0.4 is 4.90 Å². The number of carboxylic acid groups (broad SMARTS) is 2. The fraction of sp³-hybridized carbons (Fsp3) is 0.435. The van der Waals surface area contributed by atoms with Crippen molar-refractivity contribution in [2.75, 3.05) is 38.1 Å². The van der Waals surface area contributed by atoms with Gasteiger partial charge in [-0.25, -0.2) is 9.59 Å². The Morgan fingerprint density at radius 3 is 1.98 bits per heavy atom. The van der Waals surface area contributed by atoms with Crippen LogP contribution in [0.3, 0.4) is 0 Å². The van der Waals surface area contributed by atoms with Crippen LogP contribution in [-0.2, 0) is 21.4 Å². The van der Waals surface area contributed by atoms with E-state index in [1.165, 1.54) is 0 Å². The molecule has 1 atom stereocenters. The molecule has 40 heavy (non-hydrogen) atoms. The summed E-state index contributed by atoms with van der Waals surface area (Å²) in [6.45, 7) is 2.24. The van der Waals surface area contributed by atoms with E-state index in [0.717, 1.165) is 12.1 Å². The molecular formula is C23H25F6N5O6. The van der Waals surface area contributed by atoms with Crippen molar-refractivity contribution in [2.24, 2.45) is 7.05 Å². The molecule has 220 valence electrons. The number of hydrogen-bond donors (Lipinski definition) is 2. The molecular weight excluding hydrogens is 556 g/mol. The lowest BCUT2D eigenvalue weighted by molar-refractivity contribution is -0.193. The molecule has 17 heteroatoms. The molecule has 2 aliphatic rings. The van der Waals surface area contributed by atoms with Crippen LogP contribution in [0, 0.1) is 0 Å². The monoisotopic (exact) mass is 581 g/mol. The standard InChI is InChI=1S/C19H23N5O2.2C2HF3O2/c1-21-9-4-6-16(21)18(26)23-10-7-19(13-23)14-24(17(25)12-22(19)2)15-5-3-8-20-11-15;2*3-2(4,5)1(6)7/h3-6,8-9,11H,7,10,12-14H2,1-2H3;2*(H,6,7). The summed E-state index contributed by atoms with van der Waals surface area (Å²) in [6.07, 6.45) is -4.01. The maximum atomic E-state index is 12.9. The van der Waals surface area contributed by atoms with Gasteiger partial charge in [0.1, 0.15) is 5.69 Å². The molecule has 2 saturated heterocycles. The highest BCUT2D eigenvalue weighted by molar-refractivity contribution is 5.96. The molecule has 0 aromatic carbocycles. The summed E-state index contributed by atoms with van der Waals surface area (Å²) >= 11 is 0. The third-order valence-corrected chi connectivity index (χ3v) is 6.16. The first-order valence-corrected chi connectivity index (χ1v) is 11.3. The SMILES string of the molecule is CN1CC(=O)N(c2cccnc2)CC12CCN(C(=O)c1cccn1C)C2.O=C(O)C(F)(F)F.O=C(O)C(F)(F)F. The van der Waals surface area contributed by atoms with Crippen molar-refractivity contribution in [1.29, 1.82) is 0 Å². The lowest BCUT2D eigenvalue weighted by Crippen LogP contribution is -2.64. The van der Waals surface area contributed by atoms with E-state index in [2.05, 4.69) is 9.88 Å². The summed E-state index contributed by atoms with van der Waals surface area (Å²) in [6, 6.07) is 7.48. The number of nitrogens with zero attached hydrogens (tertiary/aromatic N) is 5. The summed E-state index contributed by atoms with van der Waals surface area (Å²) in [4.78, 5) is 53.2. The molecule has 4 heterocycles. The van der Waals surface area contributed by atoms with Crippen LogP contribution in [0.15, 0.2) is 42.9 Å². The van der Waals surface area contributed by atoms with Crippen molar-refractivity contribution in [3.8, 4) is 0 Å². The molecule has 2 aromatic heterocycles. The number of carboxylic acids is 2. The van der Waals surface area contributed by atoms with Gasteiger partial charge in [0.25, 0.3) is 5.91 Å². The van der Waals surface area contributed by atoms with Crippen molar-refractivity contribution >= 4 is 29.4 Å². The highest BCUT2D eigenvalue weighted by atomic mass is 19.4. The quantitative estimate of drug-likeness (QED) is 0.516. The van der Waals surface area contributed by atoms with Gasteiger partial charge in [0.2, 0.25) is 5.91 Å². The number of likely N-dealkylation sites (tertiary alicyclic amines) is 1. The Morgan fingerprint density at radius 1 is 0.950 bits per heavy atom. The third-order valence-electron chi connectivity index (χ3n) is 6.16. The number of hydrogen-bond acceptors (Lipinski definition) is 6. The molecule has 4 rings (SSSR count). The van der Waals surface area contributed by atoms with Gasteiger partial charge in [-0.2, -0.15) is 26.3 Å². The summed E-state index contributed by atoms with van der Waals surface area (Å²) in [5.41, 5.74) is 1.29. The minimum absolute atomic E-state index is 0.0487. The van der Waals surface area contributed by atoms with Crippen LogP contribution in [-0.4, -0.2) is 104 Å². The van der Waals surface area contributed by atoms with Gasteiger partial charge in [-0.15, -0.1) is 0 Å². The molecule has 2 aromatic rings. The number of anilines is 1. The van der Waals surface area contributed by atoms with Crippen LogP contribution in [0.25, 0.3) is 0 Å². The van der Waals surface area contributed by atoms with Gasteiger partial charge in [-0.1, -0.05) is 0 Å². The lowest BCUT2D eigenvalue weighted by Gasteiger charge is -2.46. The van der Waals surface area contributed by atoms with Crippen molar-refractivity contribution < 1.29 is 55.7 Å². The lowest BCUT2D eigenvalue weighted by atomic mass is 9.92. The number of pyridine rings is 1. The summed E-state index contributed by atoms with van der Waals surface area (Å²) in [5, 5.41) is 14.2. The number of piperazine rings is 1. The molecule has 2 aliphatic heterocycles. The van der Waals surface area contributed by atoms with Crippen molar-refractivity contribution in [3.05, 3.63) is 48.5 Å². The molecule has 2 fully saturated rings. The molecule has 1 spiro atoms. The predicted octanol–water partition coefficient (Wildman–Crippen LogP) is 2.25. The van der Waals surface area contributed by atoms with Gasteiger partial charge >= 0.3 is 24.3 Å². The average Bonchev–Trinajstić information content (AvgIpc) is 3.48. The number of amides is 2. The van der Waals surface area contributed by atoms with Crippen LogP contribution in [0.1, 0.15) is 16.9 Å². The van der Waals surface area contributed by atoms with Crippen LogP contribution in [0.5, 0.6) is 0 Å². The second-order valence-corrected chi connectivity index (χ2v) is 8.86. The highest BCUT2D eigenvalue weighted by Crippen LogP contribution is 2.33. The van der Waals surface area contributed by atoms with E-state index >= 15 is 0 Å². The minimum Gasteiger partial charge on any atom is -0.475 e. The van der Waals surface area contributed by atoms with Crippen LogP contribution >= 0.6 is 0 Å². The van der Waals surface area contributed by atoms with E-state index in [9.17, 15) is 35.9 Å². The van der Waals surface area contributed by atoms with Crippen molar-refractivity contribution in [3.63, 3.8) is 0 Å². The Labute approximate surface area is 223 Å². The van der Waals surface area contributed by atoms with E-state index in [1.54, 1.807) is 12.4 Å². The molecule has 0 aliphatic carbocycles. The molecule has 0 saturated carbocycles. The fourth-order valence-corrected chi connectivity index (χ4v) is 4.02. The van der Waals surface area contributed by atoms with E-state index in [1.807, 2.05) is 58.9 Å². The zero-order valence-electron chi connectivity index (χ0n) is 21.1. The first-order chi connectivity index (χ1) is 18.4. The number of carbonyl (C=O) groups excluding carboxylic acids is 2. The summed E-state index contributed by atoms with van der Waals surface area (Å²) < 4.78 is 65.3. The second-order valence-electron chi connectivity index (χ2n) is 8.86. The number of aryl methyl sites for hydroxylation is 1. The Hall–Kier alpha value is -4.15. The fourth-order valence-electron chi connectivity index (χ4n) is 4.02. The van der Waals surface area contributed by atoms with E-state index in [4.69, 9.17) is 19.8 Å². The molecule has 0 radical (unpaired) electrons. The maximum Gasteiger partial charge on any atom is 0.490 e. The Morgan fingerprint density at radius 2 is 1.52 bits per heavy atom. The Bertz CT molecular complexity index is 1190. The average molecular weight is 581 g/mol. The van der Waals surface area contributed by atoms with Gasteiger partial charge in [-0.3, -0.25) is 19.5 Å². The number of rotatable bonds is 2. The van der Waals surface area contributed by atoms with E-state index in [-0.39, 0.29) is 17.4 Å². The first kappa shape index (κ1) is 32.1.